The van der Waals surface area contributed by atoms with Crippen LogP contribution in [0.3, 0.4) is 0 Å². The van der Waals surface area contributed by atoms with E-state index < -0.39 is 34.3 Å². The largest absolute Gasteiger partial charge is 0.469 e. The Kier molecular flexibility index (Phi) is 7.16. The number of halogens is 3. The van der Waals surface area contributed by atoms with Gasteiger partial charge in [-0.05, 0) is 5.53 Å². The van der Waals surface area contributed by atoms with Crippen LogP contribution in [0.15, 0.2) is 5.11 Å². The van der Waals surface area contributed by atoms with Gasteiger partial charge in [-0.15, -0.1) is 0 Å². The highest BCUT2D eigenvalue weighted by Crippen LogP contribution is 2.26. The van der Waals surface area contributed by atoms with Crippen molar-refractivity contribution in [2.75, 3.05) is 13.7 Å². The molecule has 10 heteroatoms. The minimum atomic E-state index is -1.76. The molecular formula is C8H10Cl3N3O4. The Morgan fingerprint density at radius 3 is 2.33 bits per heavy atom. The van der Waals surface area contributed by atoms with Crippen molar-refractivity contribution in [2.45, 2.75) is 16.8 Å². The van der Waals surface area contributed by atoms with E-state index in [4.69, 9.17) is 40.3 Å². The third kappa shape index (κ3) is 6.16. The van der Waals surface area contributed by atoms with Crippen molar-refractivity contribution in [1.29, 1.82) is 0 Å². The smallest absolute Gasteiger partial charge is 0.315 e. The molecule has 0 bridgehead atoms. The second-order valence-electron chi connectivity index (χ2n) is 3.18. The van der Waals surface area contributed by atoms with E-state index in [2.05, 4.69) is 19.5 Å². The molecule has 0 spiro atoms. The van der Waals surface area contributed by atoms with E-state index >= 15 is 0 Å². The van der Waals surface area contributed by atoms with Gasteiger partial charge in [0.05, 0.1) is 13.0 Å². The third-order valence-electron chi connectivity index (χ3n) is 1.84. The van der Waals surface area contributed by atoms with Crippen molar-refractivity contribution in [3.63, 3.8) is 0 Å². The highest BCUT2D eigenvalue weighted by molar-refractivity contribution is 6.67. The van der Waals surface area contributed by atoms with Crippen LogP contribution < -0.4 is 0 Å². The first-order chi connectivity index (χ1) is 8.22. The Balaban J connectivity index is 4.67. The average molecular weight is 319 g/mol. The molecule has 0 N–H and O–H groups in total. The number of methoxy groups -OCH3 is 1. The fraction of sp³-hybridized carbons (Fsp3) is 0.750. The van der Waals surface area contributed by atoms with Gasteiger partial charge in [0.15, 0.2) is 0 Å². The number of azide groups is 1. The molecular weight excluding hydrogens is 308 g/mol. The molecule has 0 aromatic rings. The minimum Gasteiger partial charge on any atom is -0.469 e. The molecule has 2 atom stereocenters. The summed E-state index contributed by atoms with van der Waals surface area (Å²) < 4.78 is 7.30. The summed E-state index contributed by atoms with van der Waals surface area (Å²) in [6.07, 6.45) is 0. The molecule has 0 aromatic heterocycles. The van der Waals surface area contributed by atoms with Crippen molar-refractivity contribution in [2.24, 2.45) is 11.0 Å². The zero-order chi connectivity index (χ0) is 14.3. The van der Waals surface area contributed by atoms with Crippen LogP contribution in [0.5, 0.6) is 0 Å². The lowest BCUT2D eigenvalue weighted by Gasteiger charge is -2.18. The Morgan fingerprint density at radius 2 is 1.94 bits per heavy atom. The molecule has 0 rings (SSSR count). The summed E-state index contributed by atoms with van der Waals surface area (Å²) in [5.74, 6) is -2.75. The predicted octanol–water partition coefficient (Wildman–Crippen LogP) is 2.39. The lowest BCUT2D eigenvalue weighted by Crippen LogP contribution is -2.34. The van der Waals surface area contributed by atoms with Crippen LogP contribution in [-0.2, 0) is 19.1 Å². The summed E-state index contributed by atoms with van der Waals surface area (Å²) in [5, 5.41) is 3.17. The van der Waals surface area contributed by atoms with E-state index in [1.54, 1.807) is 0 Å². The molecule has 0 radical (unpaired) electrons. The number of rotatable bonds is 5. The van der Waals surface area contributed by atoms with E-state index in [1.165, 1.54) is 6.92 Å². The zero-order valence-electron chi connectivity index (χ0n) is 9.47. The summed E-state index contributed by atoms with van der Waals surface area (Å²) in [4.78, 5) is 25.3. The van der Waals surface area contributed by atoms with Gasteiger partial charge in [0, 0.05) is 4.91 Å². The number of hydrogen-bond acceptors (Lipinski definition) is 5. The van der Waals surface area contributed by atoms with Crippen LogP contribution in [0.1, 0.15) is 6.92 Å². The second kappa shape index (κ2) is 7.53. The van der Waals surface area contributed by atoms with Crippen LogP contribution in [-0.4, -0.2) is 35.5 Å². The van der Waals surface area contributed by atoms with Gasteiger partial charge in [0.25, 0.3) is 0 Å². The summed E-state index contributed by atoms with van der Waals surface area (Å²) in [6.45, 7) is 0.849. The van der Waals surface area contributed by atoms with Crippen LogP contribution in [0.2, 0.25) is 0 Å². The third-order valence-corrected chi connectivity index (χ3v) is 2.17. The van der Waals surface area contributed by atoms with E-state index in [1.807, 2.05) is 0 Å². The fourth-order valence-corrected chi connectivity index (χ4v) is 1.10. The van der Waals surface area contributed by atoms with Crippen LogP contribution in [0, 0.1) is 5.92 Å². The van der Waals surface area contributed by atoms with Gasteiger partial charge in [-0.1, -0.05) is 46.8 Å². The molecule has 0 aliphatic heterocycles. The van der Waals surface area contributed by atoms with Gasteiger partial charge in [-0.2, -0.15) is 0 Å². The Labute approximate surface area is 118 Å². The second-order valence-corrected chi connectivity index (χ2v) is 5.70. The summed E-state index contributed by atoms with van der Waals surface area (Å²) >= 11 is 16.2. The van der Waals surface area contributed by atoms with Crippen molar-refractivity contribution >= 4 is 46.7 Å². The molecule has 0 heterocycles. The first kappa shape index (κ1) is 17.1. The van der Waals surface area contributed by atoms with Gasteiger partial charge in [-0.25, -0.2) is 0 Å². The van der Waals surface area contributed by atoms with E-state index in [9.17, 15) is 9.59 Å². The molecule has 0 saturated carbocycles. The zero-order valence-corrected chi connectivity index (χ0v) is 11.7. The maximum absolute atomic E-state index is 11.5. The highest BCUT2D eigenvalue weighted by atomic mass is 35.6. The van der Waals surface area contributed by atoms with Crippen molar-refractivity contribution in [3.8, 4) is 0 Å². The van der Waals surface area contributed by atoms with Crippen LogP contribution >= 0.6 is 34.8 Å². The molecule has 0 aliphatic rings. The van der Waals surface area contributed by atoms with Gasteiger partial charge in [0.2, 0.25) is 3.79 Å². The highest BCUT2D eigenvalue weighted by Gasteiger charge is 2.33. The maximum Gasteiger partial charge on any atom is 0.315 e. The Hall–Kier alpha value is -0.880. The number of ether oxygens (including phenoxy) is 2. The standard InChI is InChI=1S/C8H10Cl3N3O4/c1-4(5(13-14-12)7(16)17-2)6(15)18-3-8(9,10)11/h4-5H,3H2,1-2H3/t4-,5+/m0/s1. The van der Waals surface area contributed by atoms with Crippen molar-refractivity contribution in [1.82, 2.24) is 0 Å². The number of carbonyl (C=O) groups excluding carboxylic acids is 2. The predicted molar refractivity (Wildman–Crippen MR) is 65.4 cm³/mol. The Morgan fingerprint density at radius 1 is 1.39 bits per heavy atom. The number of carbonyl (C=O) groups is 2. The maximum atomic E-state index is 11.5. The molecule has 0 unspecified atom stereocenters. The molecule has 18 heavy (non-hydrogen) atoms. The average Bonchev–Trinajstić information content (AvgIpc) is 2.30. The lowest BCUT2D eigenvalue weighted by atomic mass is 10.0. The normalized spacial score (nSPS) is 14.1. The fourth-order valence-electron chi connectivity index (χ4n) is 0.941. The van der Waals surface area contributed by atoms with Gasteiger partial charge in [0.1, 0.15) is 12.6 Å². The van der Waals surface area contributed by atoms with Crippen LogP contribution in [0.4, 0.5) is 0 Å². The first-order valence-corrected chi connectivity index (χ1v) is 5.71. The number of nitrogens with zero attached hydrogens (tertiary/aromatic N) is 3. The summed E-state index contributed by atoms with van der Waals surface area (Å²) in [5.41, 5.74) is 8.31. The lowest BCUT2D eigenvalue weighted by molar-refractivity contribution is -0.154. The van der Waals surface area contributed by atoms with Gasteiger partial charge >= 0.3 is 11.9 Å². The summed E-state index contributed by atoms with van der Waals surface area (Å²) in [7, 11) is 1.10. The first-order valence-electron chi connectivity index (χ1n) is 4.58. The van der Waals surface area contributed by atoms with E-state index in [0.29, 0.717) is 0 Å². The molecule has 0 amide bonds. The molecule has 0 saturated heterocycles. The van der Waals surface area contributed by atoms with Gasteiger partial charge in [-0.3, -0.25) is 9.59 Å². The van der Waals surface area contributed by atoms with Crippen molar-refractivity contribution < 1.29 is 19.1 Å². The molecule has 0 fully saturated rings. The number of esters is 2. The summed E-state index contributed by atoms with van der Waals surface area (Å²) in [6, 6.07) is -1.33. The van der Waals surface area contributed by atoms with Crippen LogP contribution in [0.25, 0.3) is 10.4 Å². The monoisotopic (exact) mass is 317 g/mol. The molecule has 7 nitrogen and oxygen atoms in total. The van der Waals surface area contributed by atoms with Crippen molar-refractivity contribution in [3.05, 3.63) is 10.4 Å². The van der Waals surface area contributed by atoms with Gasteiger partial charge < -0.3 is 9.47 Å². The Bertz CT molecular complexity index is 365. The van der Waals surface area contributed by atoms with E-state index in [0.717, 1.165) is 7.11 Å². The molecule has 102 valence electrons. The topological polar surface area (TPSA) is 101 Å². The molecule has 0 aromatic carbocycles. The number of hydrogen-bond donors (Lipinski definition) is 0. The SMILES string of the molecule is COC(=O)[C@H](N=[N+]=[N-])[C@H](C)C(=O)OCC(Cl)(Cl)Cl. The minimum absolute atomic E-state index is 0.481. The quantitative estimate of drug-likeness (QED) is 0.255. The number of alkyl halides is 3. The van der Waals surface area contributed by atoms with E-state index in [-0.39, 0.29) is 0 Å². The molecule has 0 aliphatic carbocycles.